The Morgan fingerprint density at radius 2 is 1.77 bits per heavy atom. The third-order valence-corrected chi connectivity index (χ3v) is 5.71. The number of ether oxygens (including phenoxy) is 1. The van der Waals surface area contributed by atoms with E-state index in [1.807, 2.05) is 54.6 Å². The van der Waals surface area contributed by atoms with Crippen molar-refractivity contribution in [3.05, 3.63) is 60.2 Å². The summed E-state index contributed by atoms with van der Waals surface area (Å²) in [5.74, 6) is 0.506. The van der Waals surface area contributed by atoms with Gasteiger partial charge in [-0.05, 0) is 29.3 Å². The van der Waals surface area contributed by atoms with E-state index in [4.69, 9.17) is 4.74 Å². The summed E-state index contributed by atoms with van der Waals surface area (Å²) in [6.45, 7) is 4.82. The van der Waals surface area contributed by atoms with Crippen molar-refractivity contribution >= 4 is 17.5 Å². The highest BCUT2D eigenvalue weighted by atomic mass is 16.5. The largest absolute Gasteiger partial charge is 0.379 e. The second-order valence-corrected chi connectivity index (χ2v) is 8.41. The summed E-state index contributed by atoms with van der Waals surface area (Å²) >= 11 is 0. The van der Waals surface area contributed by atoms with Crippen molar-refractivity contribution in [1.29, 1.82) is 0 Å². The Bertz CT molecular complexity index is 1100. The lowest BCUT2D eigenvalue weighted by atomic mass is 10.2. The number of nitrogens with zero attached hydrogens (tertiary/aromatic N) is 5. The summed E-state index contributed by atoms with van der Waals surface area (Å²) in [6, 6.07) is 17.2. The van der Waals surface area contributed by atoms with Crippen LogP contribution in [0, 0.1) is 0 Å². The third-order valence-electron chi connectivity index (χ3n) is 5.71. The van der Waals surface area contributed by atoms with Crippen molar-refractivity contribution < 1.29 is 14.3 Å². The van der Waals surface area contributed by atoms with Crippen LogP contribution in [0.2, 0.25) is 0 Å². The molecular weight excluding hydrogens is 446 g/mol. The zero-order chi connectivity index (χ0) is 24.3. The minimum Gasteiger partial charge on any atom is -0.379 e. The van der Waals surface area contributed by atoms with Crippen LogP contribution in [0.15, 0.2) is 54.6 Å². The van der Waals surface area contributed by atoms with E-state index >= 15 is 0 Å². The number of hydrogen-bond donors (Lipinski definition) is 2. The Morgan fingerprint density at radius 1 is 0.943 bits per heavy atom. The maximum atomic E-state index is 12.3. The molecule has 1 saturated heterocycles. The fourth-order valence-corrected chi connectivity index (χ4v) is 3.78. The molecule has 0 unspecified atom stereocenters. The van der Waals surface area contributed by atoms with Crippen LogP contribution in [0.25, 0.3) is 11.4 Å². The number of aryl methyl sites for hydroxylation is 1. The number of morpholine rings is 1. The summed E-state index contributed by atoms with van der Waals surface area (Å²) in [7, 11) is 0. The van der Waals surface area contributed by atoms with Crippen LogP contribution in [0.4, 0.5) is 5.69 Å². The molecule has 184 valence electrons. The van der Waals surface area contributed by atoms with Crippen LogP contribution >= 0.6 is 0 Å². The van der Waals surface area contributed by atoms with Gasteiger partial charge in [-0.15, -0.1) is 10.2 Å². The van der Waals surface area contributed by atoms with Crippen molar-refractivity contribution in [2.24, 2.45) is 0 Å². The lowest BCUT2D eigenvalue weighted by Gasteiger charge is -2.26. The molecule has 0 aliphatic carbocycles. The molecule has 0 saturated carbocycles. The molecule has 1 aromatic heterocycles. The number of rotatable bonds is 11. The van der Waals surface area contributed by atoms with E-state index in [9.17, 15) is 9.59 Å². The Balaban J connectivity index is 1.15. The zero-order valence-corrected chi connectivity index (χ0v) is 19.7. The van der Waals surface area contributed by atoms with Gasteiger partial charge >= 0.3 is 0 Å². The van der Waals surface area contributed by atoms with Crippen molar-refractivity contribution in [3.8, 4) is 11.4 Å². The standard InChI is InChI=1S/C25H31N7O3/c33-23(10-5-12-32-29-25(28-30-32)21-7-2-1-3-8-21)26-19-20-6-4-9-22(18-20)27-24(34)11-13-31-14-16-35-17-15-31/h1-4,6-9,18H,5,10-17,19H2,(H,26,33)(H,27,34). The Kier molecular flexibility index (Phi) is 8.91. The van der Waals surface area contributed by atoms with Gasteiger partial charge in [0.15, 0.2) is 0 Å². The van der Waals surface area contributed by atoms with Gasteiger partial charge in [0.05, 0.1) is 19.8 Å². The smallest absolute Gasteiger partial charge is 0.225 e. The molecule has 1 aliphatic heterocycles. The Labute approximate surface area is 204 Å². The Hall–Kier alpha value is -3.63. The second-order valence-electron chi connectivity index (χ2n) is 8.41. The zero-order valence-electron chi connectivity index (χ0n) is 19.7. The highest BCUT2D eigenvalue weighted by Gasteiger charge is 2.12. The van der Waals surface area contributed by atoms with Crippen LogP contribution in [0.3, 0.4) is 0 Å². The molecule has 2 heterocycles. The van der Waals surface area contributed by atoms with Gasteiger partial charge in [0, 0.05) is 50.3 Å². The van der Waals surface area contributed by atoms with E-state index in [1.54, 1.807) is 0 Å². The molecule has 2 aromatic carbocycles. The number of carbonyl (C=O) groups is 2. The van der Waals surface area contributed by atoms with Gasteiger partial charge in [0.1, 0.15) is 0 Å². The van der Waals surface area contributed by atoms with Crippen molar-refractivity contribution in [3.63, 3.8) is 0 Å². The van der Waals surface area contributed by atoms with E-state index in [0.717, 1.165) is 49.7 Å². The topological polar surface area (TPSA) is 114 Å². The summed E-state index contributed by atoms with van der Waals surface area (Å²) in [5.41, 5.74) is 2.57. The quantitative estimate of drug-likeness (QED) is 0.435. The van der Waals surface area contributed by atoms with Crippen LogP contribution in [0.5, 0.6) is 0 Å². The molecule has 4 rings (SSSR count). The first-order valence-corrected chi connectivity index (χ1v) is 11.9. The molecule has 1 fully saturated rings. The highest BCUT2D eigenvalue weighted by molar-refractivity contribution is 5.90. The molecule has 3 aromatic rings. The highest BCUT2D eigenvalue weighted by Crippen LogP contribution is 2.13. The lowest BCUT2D eigenvalue weighted by molar-refractivity contribution is -0.121. The summed E-state index contributed by atoms with van der Waals surface area (Å²) in [5, 5.41) is 18.4. The van der Waals surface area contributed by atoms with Crippen LogP contribution in [0.1, 0.15) is 24.8 Å². The van der Waals surface area contributed by atoms with E-state index in [-0.39, 0.29) is 11.8 Å². The first kappa shape index (κ1) is 24.5. The number of amides is 2. The number of benzene rings is 2. The lowest BCUT2D eigenvalue weighted by Crippen LogP contribution is -2.38. The number of anilines is 1. The van der Waals surface area contributed by atoms with E-state index in [0.29, 0.717) is 38.2 Å². The maximum Gasteiger partial charge on any atom is 0.225 e. The first-order chi connectivity index (χ1) is 17.2. The fourth-order valence-electron chi connectivity index (χ4n) is 3.78. The van der Waals surface area contributed by atoms with Gasteiger partial charge in [-0.3, -0.25) is 14.5 Å². The van der Waals surface area contributed by atoms with Gasteiger partial charge in [-0.2, -0.15) is 4.80 Å². The summed E-state index contributed by atoms with van der Waals surface area (Å²) in [6.07, 6.45) is 1.41. The third kappa shape index (κ3) is 7.97. The fraction of sp³-hybridized carbons (Fsp3) is 0.400. The second kappa shape index (κ2) is 12.7. The number of nitrogens with one attached hydrogen (secondary N) is 2. The molecule has 35 heavy (non-hydrogen) atoms. The number of tetrazole rings is 1. The van der Waals surface area contributed by atoms with Gasteiger partial charge in [-0.25, -0.2) is 0 Å². The van der Waals surface area contributed by atoms with Gasteiger partial charge < -0.3 is 15.4 Å². The predicted molar refractivity (Wildman–Crippen MR) is 131 cm³/mol. The maximum absolute atomic E-state index is 12.3. The van der Waals surface area contributed by atoms with Crippen molar-refractivity contribution in [2.75, 3.05) is 38.2 Å². The average Bonchev–Trinajstić information content (AvgIpc) is 3.37. The van der Waals surface area contributed by atoms with Crippen LogP contribution in [-0.4, -0.2) is 69.8 Å². The molecule has 0 bridgehead atoms. The number of carbonyl (C=O) groups excluding carboxylic acids is 2. The molecule has 1 aliphatic rings. The monoisotopic (exact) mass is 477 g/mol. The molecule has 2 amide bonds. The molecule has 2 N–H and O–H groups in total. The Morgan fingerprint density at radius 3 is 2.60 bits per heavy atom. The minimum atomic E-state index is -0.0478. The molecule has 10 nitrogen and oxygen atoms in total. The van der Waals surface area contributed by atoms with Crippen LogP contribution in [-0.2, 0) is 27.4 Å². The number of hydrogen-bond acceptors (Lipinski definition) is 7. The summed E-state index contributed by atoms with van der Waals surface area (Å²) < 4.78 is 5.33. The average molecular weight is 478 g/mol. The van der Waals surface area contributed by atoms with Gasteiger partial charge in [0.25, 0.3) is 0 Å². The van der Waals surface area contributed by atoms with Gasteiger partial charge in [0.2, 0.25) is 17.6 Å². The molecule has 0 radical (unpaired) electrons. The minimum absolute atomic E-state index is 0.0187. The van der Waals surface area contributed by atoms with E-state index in [2.05, 4.69) is 30.9 Å². The molecule has 0 atom stereocenters. The normalized spacial score (nSPS) is 13.9. The van der Waals surface area contributed by atoms with E-state index in [1.165, 1.54) is 4.80 Å². The first-order valence-electron chi connectivity index (χ1n) is 11.9. The van der Waals surface area contributed by atoms with Gasteiger partial charge in [-0.1, -0.05) is 42.5 Å². The summed E-state index contributed by atoms with van der Waals surface area (Å²) in [4.78, 5) is 28.3. The van der Waals surface area contributed by atoms with Crippen molar-refractivity contribution in [1.82, 2.24) is 30.4 Å². The predicted octanol–water partition coefficient (Wildman–Crippen LogP) is 2.10. The van der Waals surface area contributed by atoms with E-state index < -0.39 is 0 Å². The molecule has 0 spiro atoms. The molecule has 10 heteroatoms. The van der Waals surface area contributed by atoms with Crippen molar-refractivity contribution in [2.45, 2.75) is 32.4 Å². The van der Waals surface area contributed by atoms with Crippen LogP contribution < -0.4 is 10.6 Å². The number of aromatic nitrogens is 4. The molecular formula is C25H31N7O3. The SMILES string of the molecule is O=C(CCCn1nnc(-c2ccccc2)n1)NCc1cccc(NC(=O)CCN2CCOCC2)c1.